The lowest BCUT2D eigenvalue weighted by atomic mass is 10.1. The molecule has 1 aromatic rings. The van der Waals surface area contributed by atoms with E-state index in [4.69, 9.17) is 21.6 Å². The topological polar surface area (TPSA) is 53.3 Å². The number of hydrogen-bond donors (Lipinski definition) is 0. The van der Waals surface area contributed by atoms with E-state index >= 15 is 0 Å². The fourth-order valence-corrected chi connectivity index (χ4v) is 1.72. The molecular weight excluding hydrogens is 271 g/mol. The third-order valence-corrected chi connectivity index (χ3v) is 2.82. The zero-order chi connectivity index (χ0) is 14.3. The van der Waals surface area contributed by atoms with Crippen LogP contribution in [0, 0.1) is 17.1 Å². The quantitative estimate of drug-likeness (QED) is 0.806. The zero-order valence-corrected chi connectivity index (χ0v) is 11.3. The minimum absolute atomic E-state index is 0.0958. The number of nitrogens with zero attached hydrogens (tertiary/aromatic N) is 2. The molecule has 1 amide bonds. The molecule has 0 N–H and O–H groups in total. The second-order valence-electron chi connectivity index (χ2n) is 3.79. The standard InChI is InChI=1S/C13H14ClFN2O2/c1-19-9-8-17(7-3-6-16)13(18)10-4-2-5-11(14)12(10)15/h2,4-5H,3,7-9H2,1H3. The number of benzene rings is 1. The first kappa shape index (κ1) is 15.4. The molecule has 0 atom stereocenters. The second kappa shape index (κ2) is 7.72. The van der Waals surface area contributed by atoms with Crippen molar-refractivity contribution in [3.8, 4) is 6.07 Å². The Morgan fingerprint density at radius 3 is 2.89 bits per heavy atom. The summed E-state index contributed by atoms with van der Waals surface area (Å²) in [6, 6.07) is 6.21. The first-order valence-corrected chi connectivity index (χ1v) is 6.08. The normalized spacial score (nSPS) is 10.0. The minimum atomic E-state index is -0.742. The molecule has 102 valence electrons. The summed E-state index contributed by atoms with van der Waals surface area (Å²) in [6.07, 6.45) is 0.178. The Morgan fingerprint density at radius 2 is 2.26 bits per heavy atom. The van der Waals surface area contributed by atoms with Crippen molar-refractivity contribution in [2.24, 2.45) is 0 Å². The number of ether oxygens (including phenoxy) is 1. The van der Waals surface area contributed by atoms with E-state index in [1.807, 2.05) is 6.07 Å². The van der Waals surface area contributed by atoms with Crippen molar-refractivity contribution in [2.75, 3.05) is 26.8 Å². The van der Waals surface area contributed by atoms with Crippen LogP contribution in [0.3, 0.4) is 0 Å². The highest BCUT2D eigenvalue weighted by atomic mass is 35.5. The maximum Gasteiger partial charge on any atom is 0.256 e. The van der Waals surface area contributed by atoms with Crippen LogP contribution in [0.1, 0.15) is 16.8 Å². The van der Waals surface area contributed by atoms with Crippen molar-refractivity contribution >= 4 is 17.5 Å². The molecule has 0 unspecified atom stereocenters. The largest absolute Gasteiger partial charge is 0.383 e. The van der Waals surface area contributed by atoms with E-state index in [1.165, 1.54) is 30.2 Å². The Kier molecular flexibility index (Phi) is 6.26. The summed E-state index contributed by atoms with van der Waals surface area (Å²) in [5.41, 5.74) is -0.0958. The number of carbonyl (C=O) groups is 1. The summed E-state index contributed by atoms with van der Waals surface area (Å²) in [4.78, 5) is 13.6. The number of amides is 1. The molecule has 0 heterocycles. The molecule has 4 nitrogen and oxygen atoms in total. The van der Waals surface area contributed by atoms with Gasteiger partial charge in [-0.1, -0.05) is 17.7 Å². The molecule has 0 aliphatic rings. The number of hydrogen-bond acceptors (Lipinski definition) is 3. The first-order chi connectivity index (χ1) is 9.11. The molecule has 0 aliphatic heterocycles. The van der Waals surface area contributed by atoms with Crippen LogP contribution in [0.4, 0.5) is 4.39 Å². The molecule has 0 fully saturated rings. The molecule has 0 radical (unpaired) electrons. The summed E-state index contributed by atoms with van der Waals surface area (Å²) < 4.78 is 18.7. The lowest BCUT2D eigenvalue weighted by molar-refractivity contribution is 0.0695. The van der Waals surface area contributed by atoms with E-state index in [-0.39, 0.29) is 23.6 Å². The summed E-state index contributed by atoms with van der Waals surface area (Å²) >= 11 is 5.65. The van der Waals surface area contributed by atoms with Crippen LogP contribution in [0.15, 0.2) is 18.2 Å². The SMILES string of the molecule is COCCN(CCC#N)C(=O)c1cccc(Cl)c1F. The Hall–Kier alpha value is -1.64. The van der Waals surface area contributed by atoms with Crippen molar-refractivity contribution in [1.29, 1.82) is 5.26 Å². The molecule has 1 rings (SSSR count). The van der Waals surface area contributed by atoms with Gasteiger partial charge in [-0.25, -0.2) is 4.39 Å². The van der Waals surface area contributed by atoms with Crippen LogP contribution in [0.2, 0.25) is 5.02 Å². The lowest BCUT2D eigenvalue weighted by Gasteiger charge is -2.21. The van der Waals surface area contributed by atoms with Gasteiger partial charge in [-0.05, 0) is 12.1 Å². The number of methoxy groups -OCH3 is 1. The third-order valence-electron chi connectivity index (χ3n) is 2.53. The number of halogens is 2. The predicted octanol–water partition coefficient (Wildman–Crippen LogP) is 2.48. The second-order valence-corrected chi connectivity index (χ2v) is 4.20. The molecule has 0 saturated heterocycles. The molecule has 0 aromatic heterocycles. The fourth-order valence-electron chi connectivity index (χ4n) is 1.54. The van der Waals surface area contributed by atoms with Gasteiger partial charge in [-0.15, -0.1) is 0 Å². The summed E-state index contributed by atoms with van der Waals surface area (Å²) in [7, 11) is 1.51. The van der Waals surface area contributed by atoms with Gasteiger partial charge in [-0.3, -0.25) is 4.79 Å². The van der Waals surface area contributed by atoms with Crippen LogP contribution in [-0.2, 0) is 4.74 Å². The fraction of sp³-hybridized carbons (Fsp3) is 0.385. The van der Waals surface area contributed by atoms with Crippen molar-refractivity contribution in [3.05, 3.63) is 34.6 Å². The van der Waals surface area contributed by atoms with Gasteiger partial charge < -0.3 is 9.64 Å². The Balaban J connectivity index is 2.91. The van der Waals surface area contributed by atoms with Crippen molar-refractivity contribution < 1.29 is 13.9 Å². The van der Waals surface area contributed by atoms with E-state index in [9.17, 15) is 9.18 Å². The summed E-state index contributed by atoms with van der Waals surface area (Å²) in [6.45, 7) is 0.840. The van der Waals surface area contributed by atoms with Crippen molar-refractivity contribution in [3.63, 3.8) is 0 Å². The lowest BCUT2D eigenvalue weighted by Crippen LogP contribution is -2.35. The molecule has 1 aromatic carbocycles. The highest BCUT2D eigenvalue weighted by Crippen LogP contribution is 2.19. The van der Waals surface area contributed by atoms with Gasteiger partial charge in [0.05, 0.1) is 29.7 Å². The smallest absolute Gasteiger partial charge is 0.256 e. The predicted molar refractivity (Wildman–Crippen MR) is 69.4 cm³/mol. The van der Waals surface area contributed by atoms with E-state index in [0.29, 0.717) is 13.2 Å². The van der Waals surface area contributed by atoms with Gasteiger partial charge in [0.2, 0.25) is 0 Å². The van der Waals surface area contributed by atoms with Gasteiger partial charge in [0, 0.05) is 20.2 Å². The average Bonchev–Trinajstić information content (AvgIpc) is 2.41. The van der Waals surface area contributed by atoms with Crippen LogP contribution in [0.25, 0.3) is 0 Å². The maximum atomic E-state index is 13.8. The molecule has 0 aliphatic carbocycles. The zero-order valence-electron chi connectivity index (χ0n) is 10.5. The summed E-state index contributed by atoms with van der Waals surface area (Å²) in [5.74, 6) is -1.24. The van der Waals surface area contributed by atoms with Gasteiger partial charge >= 0.3 is 0 Å². The molecular formula is C13H14ClFN2O2. The van der Waals surface area contributed by atoms with Gasteiger partial charge in [-0.2, -0.15) is 5.26 Å². The van der Waals surface area contributed by atoms with Crippen molar-refractivity contribution in [2.45, 2.75) is 6.42 Å². The maximum absolute atomic E-state index is 13.8. The highest BCUT2D eigenvalue weighted by Gasteiger charge is 2.20. The van der Waals surface area contributed by atoms with Crippen LogP contribution in [0.5, 0.6) is 0 Å². The summed E-state index contributed by atoms with van der Waals surface area (Å²) in [5, 5.41) is 8.48. The van der Waals surface area contributed by atoms with E-state index < -0.39 is 11.7 Å². The highest BCUT2D eigenvalue weighted by molar-refractivity contribution is 6.31. The molecule has 0 bridgehead atoms. The van der Waals surface area contributed by atoms with E-state index in [1.54, 1.807) is 0 Å². The number of carbonyl (C=O) groups excluding carboxylic acids is 1. The molecule has 6 heteroatoms. The Bertz CT molecular complexity index is 488. The minimum Gasteiger partial charge on any atom is -0.383 e. The molecule has 0 saturated carbocycles. The van der Waals surface area contributed by atoms with Crippen molar-refractivity contribution in [1.82, 2.24) is 4.90 Å². The monoisotopic (exact) mass is 284 g/mol. The van der Waals surface area contributed by atoms with E-state index in [0.717, 1.165) is 0 Å². The number of rotatable bonds is 6. The van der Waals surface area contributed by atoms with Crippen LogP contribution in [-0.4, -0.2) is 37.6 Å². The Morgan fingerprint density at radius 1 is 1.53 bits per heavy atom. The van der Waals surface area contributed by atoms with Gasteiger partial charge in [0.15, 0.2) is 5.82 Å². The first-order valence-electron chi connectivity index (χ1n) is 5.71. The van der Waals surface area contributed by atoms with Gasteiger partial charge in [0.1, 0.15) is 0 Å². The average molecular weight is 285 g/mol. The molecule has 0 spiro atoms. The van der Waals surface area contributed by atoms with Crippen LogP contribution >= 0.6 is 11.6 Å². The number of nitriles is 1. The van der Waals surface area contributed by atoms with Gasteiger partial charge in [0.25, 0.3) is 5.91 Å². The molecule has 19 heavy (non-hydrogen) atoms. The third kappa shape index (κ3) is 4.19. The van der Waals surface area contributed by atoms with E-state index in [2.05, 4.69) is 0 Å². The van der Waals surface area contributed by atoms with Crippen LogP contribution < -0.4 is 0 Å². The Labute approximate surface area is 116 Å².